The van der Waals surface area contributed by atoms with Gasteiger partial charge in [0.25, 0.3) is 0 Å². The van der Waals surface area contributed by atoms with Crippen LogP contribution in [-0.2, 0) is 10.0 Å². The molecular formula is C14H25N3O4S. The van der Waals surface area contributed by atoms with E-state index in [-0.39, 0.29) is 29.8 Å². The van der Waals surface area contributed by atoms with Gasteiger partial charge in [-0.2, -0.15) is 4.31 Å². The molecule has 0 aromatic carbocycles. The smallest absolute Gasteiger partial charge is 0.407 e. The molecule has 0 aliphatic carbocycles. The van der Waals surface area contributed by atoms with Crippen LogP contribution in [0.1, 0.15) is 38.5 Å². The van der Waals surface area contributed by atoms with E-state index in [1.54, 1.807) is 4.31 Å². The highest BCUT2D eigenvalue weighted by atomic mass is 32.2. The SMILES string of the molecule is NC1C[C@H]2CC[C@@H](C1)N2S(=O)(=O)CC1CCN(C(=O)O)CC1. The van der Waals surface area contributed by atoms with Crippen LogP contribution >= 0.6 is 0 Å². The van der Waals surface area contributed by atoms with E-state index in [0.717, 1.165) is 25.7 Å². The molecule has 3 aliphatic heterocycles. The van der Waals surface area contributed by atoms with E-state index in [2.05, 4.69) is 0 Å². The molecule has 3 aliphatic rings. The maximum atomic E-state index is 12.8. The molecule has 3 atom stereocenters. The lowest BCUT2D eigenvalue weighted by Gasteiger charge is -2.38. The third-order valence-electron chi connectivity index (χ3n) is 5.36. The zero-order chi connectivity index (χ0) is 15.9. The largest absolute Gasteiger partial charge is 0.465 e. The number of carbonyl (C=O) groups is 1. The highest BCUT2D eigenvalue weighted by Crippen LogP contribution is 2.38. The average Bonchev–Trinajstić information content (AvgIpc) is 2.73. The molecule has 0 aromatic rings. The van der Waals surface area contributed by atoms with Gasteiger partial charge in [-0.25, -0.2) is 13.2 Å². The molecule has 0 radical (unpaired) electrons. The van der Waals surface area contributed by atoms with E-state index in [1.165, 1.54) is 4.90 Å². The van der Waals surface area contributed by atoms with Crippen molar-refractivity contribution in [2.24, 2.45) is 11.7 Å². The number of rotatable bonds is 3. The molecule has 8 heteroatoms. The Kier molecular flexibility index (Phi) is 4.35. The summed E-state index contributed by atoms with van der Waals surface area (Å²) in [5.74, 6) is 0.221. The number of piperidine rings is 2. The van der Waals surface area contributed by atoms with Crippen LogP contribution in [0.25, 0.3) is 0 Å². The summed E-state index contributed by atoms with van der Waals surface area (Å²) >= 11 is 0. The minimum atomic E-state index is -3.27. The predicted octanol–water partition coefficient (Wildman–Crippen LogP) is 0.660. The van der Waals surface area contributed by atoms with Gasteiger partial charge >= 0.3 is 6.09 Å². The van der Waals surface area contributed by atoms with Crippen molar-refractivity contribution in [1.82, 2.24) is 9.21 Å². The molecule has 0 saturated carbocycles. The first-order valence-electron chi connectivity index (χ1n) is 8.11. The number of likely N-dealkylation sites (tertiary alicyclic amines) is 1. The summed E-state index contributed by atoms with van der Waals surface area (Å²) in [7, 11) is -3.27. The summed E-state index contributed by atoms with van der Waals surface area (Å²) in [5.41, 5.74) is 6.01. The quantitative estimate of drug-likeness (QED) is 0.790. The van der Waals surface area contributed by atoms with E-state index in [9.17, 15) is 13.2 Å². The molecule has 0 spiro atoms. The van der Waals surface area contributed by atoms with Gasteiger partial charge < -0.3 is 15.7 Å². The Hall–Kier alpha value is -0.860. The molecule has 22 heavy (non-hydrogen) atoms. The Balaban J connectivity index is 1.62. The molecule has 3 fully saturated rings. The van der Waals surface area contributed by atoms with Gasteiger partial charge in [0.05, 0.1) is 5.75 Å². The van der Waals surface area contributed by atoms with Gasteiger partial charge in [0, 0.05) is 31.2 Å². The van der Waals surface area contributed by atoms with Crippen LogP contribution < -0.4 is 5.73 Å². The number of hydrogen-bond donors (Lipinski definition) is 2. The third kappa shape index (κ3) is 3.09. The topological polar surface area (TPSA) is 104 Å². The molecule has 1 amide bonds. The van der Waals surface area contributed by atoms with Crippen molar-refractivity contribution in [2.75, 3.05) is 18.8 Å². The fourth-order valence-corrected chi connectivity index (χ4v) is 6.70. The predicted molar refractivity (Wildman–Crippen MR) is 82.0 cm³/mol. The van der Waals surface area contributed by atoms with Crippen molar-refractivity contribution in [2.45, 2.75) is 56.7 Å². The third-order valence-corrected chi connectivity index (χ3v) is 7.49. The molecule has 126 valence electrons. The van der Waals surface area contributed by atoms with E-state index >= 15 is 0 Å². The highest BCUT2D eigenvalue weighted by Gasteiger charge is 2.46. The second-order valence-corrected chi connectivity index (χ2v) is 8.86. The highest BCUT2D eigenvalue weighted by molar-refractivity contribution is 7.89. The Labute approximate surface area is 131 Å². The molecule has 7 nitrogen and oxygen atoms in total. The van der Waals surface area contributed by atoms with Gasteiger partial charge in [0.15, 0.2) is 0 Å². The number of nitrogens with zero attached hydrogens (tertiary/aromatic N) is 2. The van der Waals surface area contributed by atoms with Crippen LogP contribution in [0.2, 0.25) is 0 Å². The van der Waals surface area contributed by atoms with Crippen LogP contribution in [-0.4, -0.2) is 65.8 Å². The number of nitrogens with two attached hydrogens (primary N) is 1. The van der Waals surface area contributed by atoms with Crippen LogP contribution in [0.3, 0.4) is 0 Å². The minimum absolute atomic E-state index is 0.0654. The van der Waals surface area contributed by atoms with Crippen molar-refractivity contribution < 1.29 is 18.3 Å². The van der Waals surface area contributed by atoms with E-state index in [4.69, 9.17) is 10.8 Å². The molecular weight excluding hydrogens is 306 g/mol. The summed E-state index contributed by atoms with van der Waals surface area (Å²) < 4.78 is 27.3. The Bertz CT molecular complexity index is 516. The first kappa shape index (κ1) is 16.0. The maximum absolute atomic E-state index is 12.8. The molecule has 3 rings (SSSR count). The van der Waals surface area contributed by atoms with Crippen molar-refractivity contribution in [3.05, 3.63) is 0 Å². The van der Waals surface area contributed by atoms with Crippen LogP contribution in [0.5, 0.6) is 0 Å². The summed E-state index contributed by atoms with van der Waals surface area (Å²) in [4.78, 5) is 12.3. The Morgan fingerprint density at radius 2 is 1.64 bits per heavy atom. The van der Waals surface area contributed by atoms with E-state index < -0.39 is 16.1 Å². The van der Waals surface area contributed by atoms with Gasteiger partial charge in [0.1, 0.15) is 0 Å². The molecule has 3 heterocycles. The van der Waals surface area contributed by atoms with E-state index in [1.807, 2.05) is 0 Å². The number of sulfonamides is 1. The lowest BCUT2D eigenvalue weighted by molar-refractivity contribution is 0.127. The first-order chi connectivity index (χ1) is 10.4. The van der Waals surface area contributed by atoms with Crippen LogP contribution in [0, 0.1) is 5.92 Å². The summed E-state index contributed by atoms with van der Waals surface area (Å²) in [6, 6.07) is 0.290. The number of fused-ring (bicyclic) bond motifs is 2. The number of carboxylic acid groups (broad SMARTS) is 1. The van der Waals surface area contributed by atoms with Crippen LogP contribution in [0.15, 0.2) is 0 Å². The van der Waals surface area contributed by atoms with Crippen molar-refractivity contribution in [1.29, 1.82) is 0 Å². The van der Waals surface area contributed by atoms with Gasteiger partial charge in [-0.3, -0.25) is 0 Å². The normalized spacial score (nSPS) is 34.0. The lowest BCUT2D eigenvalue weighted by Crippen LogP contribution is -2.51. The van der Waals surface area contributed by atoms with Crippen molar-refractivity contribution in [3.8, 4) is 0 Å². The molecule has 1 unspecified atom stereocenters. The van der Waals surface area contributed by atoms with Gasteiger partial charge in [-0.15, -0.1) is 0 Å². The lowest BCUT2D eigenvalue weighted by atomic mass is 9.99. The number of hydrogen-bond acceptors (Lipinski definition) is 4. The fourth-order valence-electron chi connectivity index (χ4n) is 4.31. The Morgan fingerprint density at radius 3 is 2.14 bits per heavy atom. The second-order valence-electron chi connectivity index (χ2n) is 6.94. The molecule has 3 saturated heterocycles. The molecule has 3 N–H and O–H groups in total. The maximum Gasteiger partial charge on any atom is 0.407 e. The Morgan fingerprint density at radius 1 is 1.09 bits per heavy atom. The summed E-state index contributed by atoms with van der Waals surface area (Å²) in [6.45, 7) is 0.875. The van der Waals surface area contributed by atoms with Crippen molar-refractivity contribution >= 4 is 16.1 Å². The summed E-state index contributed by atoms with van der Waals surface area (Å²) in [5, 5.41) is 8.95. The molecule has 2 bridgehead atoms. The summed E-state index contributed by atoms with van der Waals surface area (Å²) in [6.07, 6.45) is 3.75. The first-order valence-corrected chi connectivity index (χ1v) is 9.72. The second kappa shape index (κ2) is 5.98. The average molecular weight is 331 g/mol. The monoisotopic (exact) mass is 331 g/mol. The van der Waals surface area contributed by atoms with E-state index in [0.29, 0.717) is 25.9 Å². The fraction of sp³-hybridized carbons (Fsp3) is 0.929. The zero-order valence-electron chi connectivity index (χ0n) is 12.7. The zero-order valence-corrected chi connectivity index (χ0v) is 13.5. The van der Waals surface area contributed by atoms with Gasteiger partial charge in [-0.05, 0) is 44.4 Å². The standard InChI is InChI=1S/C14H25N3O4S/c15-11-7-12-1-2-13(8-11)17(12)22(20,21)9-10-3-5-16(6-4-10)14(18)19/h10-13H,1-9,15H2,(H,18,19)/t11?,12-,13+. The van der Waals surface area contributed by atoms with Gasteiger partial charge in [0.2, 0.25) is 10.0 Å². The molecule has 0 aromatic heterocycles. The van der Waals surface area contributed by atoms with Crippen molar-refractivity contribution in [3.63, 3.8) is 0 Å². The van der Waals surface area contributed by atoms with Gasteiger partial charge in [-0.1, -0.05) is 0 Å². The van der Waals surface area contributed by atoms with Crippen LogP contribution in [0.4, 0.5) is 4.79 Å². The minimum Gasteiger partial charge on any atom is -0.465 e. The number of amides is 1.